The van der Waals surface area contributed by atoms with Crippen molar-refractivity contribution in [2.24, 2.45) is 5.92 Å². The van der Waals surface area contributed by atoms with Crippen molar-refractivity contribution in [2.45, 2.75) is 45.9 Å². The molecule has 0 aromatic rings. The minimum Gasteiger partial charge on any atom is -0.379 e. The molecule has 2 aliphatic rings. The molecule has 0 aromatic heterocycles. The first-order valence-electron chi connectivity index (χ1n) is 7.25. The van der Waals surface area contributed by atoms with Gasteiger partial charge in [-0.2, -0.15) is 0 Å². The molecule has 18 heavy (non-hydrogen) atoms. The highest BCUT2D eigenvalue weighted by atomic mass is 16.7. The van der Waals surface area contributed by atoms with Crippen LogP contribution in [0.3, 0.4) is 0 Å². The SMILES string of the molecule is CC.COCC1OCC(N2CCC(C)CC2)CO1. The predicted octanol–water partition coefficient (Wildman–Crippen LogP) is 2.13. The molecule has 0 N–H and O–H groups in total. The topological polar surface area (TPSA) is 30.9 Å². The maximum atomic E-state index is 5.62. The van der Waals surface area contributed by atoms with Crippen molar-refractivity contribution in [1.82, 2.24) is 4.90 Å². The lowest BCUT2D eigenvalue weighted by Gasteiger charge is -2.39. The Morgan fingerprint density at radius 1 is 1.11 bits per heavy atom. The molecule has 2 heterocycles. The van der Waals surface area contributed by atoms with E-state index in [0.29, 0.717) is 12.6 Å². The zero-order chi connectivity index (χ0) is 13.4. The first-order valence-corrected chi connectivity index (χ1v) is 7.25. The summed E-state index contributed by atoms with van der Waals surface area (Å²) in [7, 11) is 1.67. The minimum absolute atomic E-state index is 0.162. The third kappa shape index (κ3) is 4.84. The van der Waals surface area contributed by atoms with E-state index in [1.807, 2.05) is 13.8 Å². The molecule has 0 aromatic carbocycles. The molecule has 2 fully saturated rings. The van der Waals surface area contributed by atoms with Crippen LogP contribution < -0.4 is 0 Å². The van der Waals surface area contributed by atoms with E-state index in [-0.39, 0.29) is 6.29 Å². The summed E-state index contributed by atoms with van der Waals surface area (Å²) in [6.07, 6.45) is 2.45. The van der Waals surface area contributed by atoms with Crippen LogP contribution in [-0.2, 0) is 14.2 Å². The number of rotatable bonds is 3. The molecule has 0 radical (unpaired) electrons. The van der Waals surface area contributed by atoms with E-state index in [1.165, 1.54) is 25.9 Å². The maximum Gasteiger partial charge on any atom is 0.180 e. The number of ether oxygens (including phenoxy) is 3. The second kappa shape index (κ2) is 8.86. The number of methoxy groups -OCH3 is 1. The van der Waals surface area contributed by atoms with Gasteiger partial charge in [0.15, 0.2) is 6.29 Å². The van der Waals surface area contributed by atoms with E-state index in [4.69, 9.17) is 14.2 Å². The van der Waals surface area contributed by atoms with E-state index in [9.17, 15) is 0 Å². The van der Waals surface area contributed by atoms with Gasteiger partial charge in [0.2, 0.25) is 0 Å². The lowest BCUT2D eigenvalue weighted by molar-refractivity contribution is -0.222. The van der Waals surface area contributed by atoms with E-state index in [1.54, 1.807) is 7.11 Å². The van der Waals surface area contributed by atoms with Crippen LogP contribution in [0, 0.1) is 5.92 Å². The summed E-state index contributed by atoms with van der Waals surface area (Å²) in [5, 5.41) is 0. The van der Waals surface area contributed by atoms with E-state index in [2.05, 4.69) is 11.8 Å². The second-order valence-electron chi connectivity index (χ2n) is 4.92. The Hall–Kier alpha value is -0.160. The summed E-state index contributed by atoms with van der Waals surface area (Å²) < 4.78 is 16.3. The molecule has 4 nitrogen and oxygen atoms in total. The van der Waals surface area contributed by atoms with Gasteiger partial charge in [0.05, 0.1) is 25.9 Å². The van der Waals surface area contributed by atoms with Crippen molar-refractivity contribution in [2.75, 3.05) is 40.0 Å². The minimum atomic E-state index is -0.162. The second-order valence-corrected chi connectivity index (χ2v) is 4.92. The van der Waals surface area contributed by atoms with Gasteiger partial charge in [0.25, 0.3) is 0 Å². The monoisotopic (exact) mass is 259 g/mol. The van der Waals surface area contributed by atoms with Crippen molar-refractivity contribution in [1.29, 1.82) is 0 Å². The molecule has 0 bridgehead atoms. The standard InChI is InChI=1S/C12H23NO3.C2H6/c1-10-3-5-13(6-4-10)11-7-15-12(9-14-2)16-8-11;1-2/h10-12H,3-9H2,1-2H3;1-2H3. The molecule has 0 aliphatic carbocycles. The molecule has 108 valence electrons. The first kappa shape index (κ1) is 15.9. The van der Waals surface area contributed by atoms with Crippen LogP contribution in [0.25, 0.3) is 0 Å². The van der Waals surface area contributed by atoms with Crippen molar-refractivity contribution < 1.29 is 14.2 Å². The number of likely N-dealkylation sites (tertiary alicyclic amines) is 1. The third-order valence-corrected chi connectivity index (χ3v) is 3.59. The molecule has 4 heteroatoms. The van der Waals surface area contributed by atoms with E-state index in [0.717, 1.165) is 19.1 Å². The summed E-state index contributed by atoms with van der Waals surface area (Å²) >= 11 is 0. The van der Waals surface area contributed by atoms with Crippen LogP contribution in [0.5, 0.6) is 0 Å². The summed E-state index contributed by atoms with van der Waals surface area (Å²) in [6, 6.07) is 0.445. The van der Waals surface area contributed by atoms with Crippen molar-refractivity contribution in [3.05, 3.63) is 0 Å². The van der Waals surface area contributed by atoms with Gasteiger partial charge >= 0.3 is 0 Å². The Kier molecular flexibility index (Phi) is 7.82. The van der Waals surface area contributed by atoms with Crippen LogP contribution in [0.4, 0.5) is 0 Å². The van der Waals surface area contributed by atoms with Gasteiger partial charge in [-0.15, -0.1) is 0 Å². The normalized spacial score (nSPS) is 30.7. The van der Waals surface area contributed by atoms with Crippen LogP contribution >= 0.6 is 0 Å². The lowest BCUT2D eigenvalue weighted by atomic mass is 9.98. The molecular formula is C14H29NO3. The van der Waals surface area contributed by atoms with Crippen LogP contribution in [0.15, 0.2) is 0 Å². The Bertz CT molecular complexity index is 197. The lowest BCUT2D eigenvalue weighted by Crippen LogP contribution is -2.50. The quantitative estimate of drug-likeness (QED) is 0.777. The highest BCUT2D eigenvalue weighted by molar-refractivity contribution is 4.78. The first-order chi connectivity index (χ1) is 8.79. The molecule has 2 rings (SSSR count). The molecule has 0 atom stereocenters. The Balaban J connectivity index is 0.000000771. The summed E-state index contributed by atoms with van der Waals surface area (Å²) in [5.74, 6) is 0.878. The van der Waals surface area contributed by atoms with Crippen molar-refractivity contribution in [3.63, 3.8) is 0 Å². The van der Waals surface area contributed by atoms with E-state index >= 15 is 0 Å². The molecule has 0 unspecified atom stereocenters. The average molecular weight is 259 g/mol. The number of hydrogen-bond acceptors (Lipinski definition) is 4. The summed E-state index contributed by atoms with van der Waals surface area (Å²) in [4.78, 5) is 2.50. The van der Waals surface area contributed by atoms with Crippen LogP contribution in [0.1, 0.15) is 33.6 Å². The molecule has 2 aliphatic heterocycles. The van der Waals surface area contributed by atoms with Gasteiger partial charge < -0.3 is 14.2 Å². The fourth-order valence-electron chi connectivity index (χ4n) is 2.37. The average Bonchev–Trinajstić information content (AvgIpc) is 2.43. The van der Waals surface area contributed by atoms with Gasteiger partial charge in [-0.1, -0.05) is 20.8 Å². The summed E-state index contributed by atoms with van der Waals surface area (Å²) in [6.45, 7) is 10.8. The zero-order valence-electron chi connectivity index (χ0n) is 12.4. The Morgan fingerprint density at radius 2 is 1.67 bits per heavy atom. The van der Waals surface area contributed by atoms with Gasteiger partial charge in [-0.3, -0.25) is 4.90 Å². The van der Waals surface area contributed by atoms with Gasteiger partial charge in [0, 0.05) is 7.11 Å². The number of piperidine rings is 1. The van der Waals surface area contributed by atoms with Gasteiger partial charge in [-0.05, 0) is 31.8 Å². The number of nitrogens with zero attached hydrogens (tertiary/aromatic N) is 1. The van der Waals surface area contributed by atoms with Crippen molar-refractivity contribution >= 4 is 0 Å². The number of hydrogen-bond donors (Lipinski definition) is 0. The van der Waals surface area contributed by atoms with Gasteiger partial charge in [0.1, 0.15) is 0 Å². The smallest absolute Gasteiger partial charge is 0.180 e. The molecule has 0 spiro atoms. The summed E-state index contributed by atoms with van der Waals surface area (Å²) in [5.41, 5.74) is 0. The molecule has 0 amide bonds. The zero-order valence-corrected chi connectivity index (χ0v) is 12.4. The third-order valence-electron chi connectivity index (χ3n) is 3.59. The highest BCUT2D eigenvalue weighted by Crippen LogP contribution is 2.20. The fourth-order valence-corrected chi connectivity index (χ4v) is 2.37. The van der Waals surface area contributed by atoms with Gasteiger partial charge in [-0.25, -0.2) is 0 Å². The van der Waals surface area contributed by atoms with Crippen molar-refractivity contribution in [3.8, 4) is 0 Å². The highest BCUT2D eigenvalue weighted by Gasteiger charge is 2.28. The molecule has 0 saturated carbocycles. The maximum absolute atomic E-state index is 5.62. The van der Waals surface area contributed by atoms with Crippen LogP contribution in [-0.4, -0.2) is 57.3 Å². The van der Waals surface area contributed by atoms with E-state index < -0.39 is 0 Å². The largest absolute Gasteiger partial charge is 0.379 e. The Labute approximate surface area is 112 Å². The molecular weight excluding hydrogens is 230 g/mol. The Morgan fingerprint density at radius 3 is 2.17 bits per heavy atom. The fraction of sp³-hybridized carbons (Fsp3) is 1.00. The predicted molar refractivity (Wildman–Crippen MR) is 72.7 cm³/mol. The molecule has 2 saturated heterocycles. The van der Waals surface area contributed by atoms with Crippen LogP contribution in [0.2, 0.25) is 0 Å².